The molecule has 0 bridgehead atoms. The predicted octanol–water partition coefficient (Wildman–Crippen LogP) is 1.74. The van der Waals surface area contributed by atoms with Crippen LogP contribution in [0.5, 0.6) is 0 Å². The van der Waals surface area contributed by atoms with Gasteiger partial charge in [0.2, 0.25) is 5.91 Å². The molecule has 2 saturated heterocycles. The van der Waals surface area contributed by atoms with Crippen molar-refractivity contribution < 1.29 is 9.53 Å². The van der Waals surface area contributed by atoms with Gasteiger partial charge < -0.3 is 10.1 Å². The number of pyridine rings is 1. The summed E-state index contributed by atoms with van der Waals surface area (Å²) >= 11 is 0. The number of carbonyl (C=O) groups excluding carboxylic acids is 1. The van der Waals surface area contributed by atoms with Crippen molar-refractivity contribution in [3.63, 3.8) is 0 Å². The van der Waals surface area contributed by atoms with Crippen LogP contribution in [0.1, 0.15) is 42.5 Å². The second kappa shape index (κ2) is 9.66. The number of hydrazine groups is 1. The van der Waals surface area contributed by atoms with E-state index >= 15 is 0 Å². The fourth-order valence-corrected chi connectivity index (χ4v) is 4.45. The lowest BCUT2D eigenvalue weighted by Crippen LogP contribution is -2.49. The standard InChI is InChI=1S/C23H31N5O2/c1-16-13-28(14-17(2)30-16)15-22(29)25-11-18-3-5-20(6-4-18)23-21(12-26-27-23)19-7-9-24-10-8-19/h3-10,16-17,21,23,26-27H,11-15H2,1-2H3,(H,25,29). The zero-order chi connectivity index (χ0) is 20.9. The third kappa shape index (κ3) is 5.23. The summed E-state index contributed by atoms with van der Waals surface area (Å²) in [7, 11) is 0. The Labute approximate surface area is 178 Å². The van der Waals surface area contributed by atoms with Gasteiger partial charge in [-0.3, -0.25) is 20.1 Å². The summed E-state index contributed by atoms with van der Waals surface area (Å²) in [6, 6.07) is 12.8. The number of morpholine rings is 1. The number of benzene rings is 1. The highest BCUT2D eigenvalue weighted by molar-refractivity contribution is 5.78. The number of ether oxygens (including phenoxy) is 1. The smallest absolute Gasteiger partial charge is 0.234 e. The monoisotopic (exact) mass is 409 g/mol. The van der Waals surface area contributed by atoms with E-state index in [0.717, 1.165) is 25.2 Å². The summed E-state index contributed by atoms with van der Waals surface area (Å²) in [5.74, 6) is 0.414. The predicted molar refractivity (Wildman–Crippen MR) is 116 cm³/mol. The Bertz CT molecular complexity index is 819. The number of hydrogen-bond donors (Lipinski definition) is 3. The minimum absolute atomic E-state index is 0.0554. The molecule has 1 aromatic heterocycles. The van der Waals surface area contributed by atoms with Crippen LogP contribution in [0.2, 0.25) is 0 Å². The largest absolute Gasteiger partial charge is 0.373 e. The maximum Gasteiger partial charge on any atom is 0.234 e. The summed E-state index contributed by atoms with van der Waals surface area (Å²) in [5, 5.41) is 3.04. The Kier molecular flexibility index (Phi) is 6.74. The van der Waals surface area contributed by atoms with Crippen molar-refractivity contribution in [2.24, 2.45) is 0 Å². The molecule has 4 unspecified atom stereocenters. The first kappa shape index (κ1) is 20.9. The molecule has 3 N–H and O–H groups in total. The minimum atomic E-state index is 0.0554. The van der Waals surface area contributed by atoms with Crippen LogP contribution in [0.3, 0.4) is 0 Å². The van der Waals surface area contributed by atoms with E-state index in [1.807, 2.05) is 12.4 Å². The maximum absolute atomic E-state index is 12.4. The van der Waals surface area contributed by atoms with E-state index in [0.29, 0.717) is 19.0 Å². The molecule has 1 aromatic carbocycles. The Morgan fingerprint density at radius 3 is 2.50 bits per heavy atom. The van der Waals surface area contributed by atoms with Gasteiger partial charge in [-0.05, 0) is 42.7 Å². The van der Waals surface area contributed by atoms with E-state index in [1.165, 1.54) is 11.1 Å². The highest BCUT2D eigenvalue weighted by Crippen LogP contribution is 2.32. The molecule has 4 rings (SSSR count). The number of nitrogens with one attached hydrogen (secondary N) is 3. The Hall–Kier alpha value is -2.32. The normalized spacial score (nSPS) is 27.1. The molecule has 30 heavy (non-hydrogen) atoms. The maximum atomic E-state index is 12.4. The molecule has 0 saturated carbocycles. The number of carbonyl (C=O) groups is 1. The van der Waals surface area contributed by atoms with Crippen molar-refractivity contribution in [3.05, 3.63) is 65.5 Å². The Morgan fingerprint density at radius 2 is 1.80 bits per heavy atom. The number of hydrogen-bond acceptors (Lipinski definition) is 6. The van der Waals surface area contributed by atoms with Gasteiger partial charge in [0.25, 0.3) is 0 Å². The van der Waals surface area contributed by atoms with Gasteiger partial charge >= 0.3 is 0 Å². The second-order valence-electron chi connectivity index (χ2n) is 8.36. The molecule has 0 aliphatic carbocycles. The molecule has 2 aromatic rings. The van der Waals surface area contributed by atoms with Crippen LogP contribution < -0.4 is 16.2 Å². The van der Waals surface area contributed by atoms with E-state index in [-0.39, 0.29) is 24.2 Å². The summed E-state index contributed by atoms with van der Waals surface area (Å²) in [4.78, 5) is 18.6. The van der Waals surface area contributed by atoms with Crippen LogP contribution in [0.25, 0.3) is 0 Å². The highest BCUT2D eigenvalue weighted by atomic mass is 16.5. The molecular weight excluding hydrogens is 378 g/mol. The van der Waals surface area contributed by atoms with Crippen molar-refractivity contribution >= 4 is 5.91 Å². The van der Waals surface area contributed by atoms with Crippen molar-refractivity contribution in [1.29, 1.82) is 0 Å². The zero-order valence-electron chi connectivity index (χ0n) is 17.7. The zero-order valence-corrected chi connectivity index (χ0v) is 17.7. The van der Waals surface area contributed by atoms with Crippen LogP contribution in [0, 0.1) is 0 Å². The summed E-state index contributed by atoms with van der Waals surface area (Å²) < 4.78 is 5.73. The third-order valence-corrected chi connectivity index (χ3v) is 5.81. The molecule has 160 valence electrons. The fourth-order valence-electron chi connectivity index (χ4n) is 4.45. The highest BCUT2D eigenvalue weighted by Gasteiger charge is 2.29. The summed E-state index contributed by atoms with van der Waals surface area (Å²) in [6.45, 7) is 7.54. The lowest BCUT2D eigenvalue weighted by atomic mass is 9.89. The number of nitrogens with zero attached hydrogens (tertiary/aromatic N) is 2. The first-order chi connectivity index (χ1) is 14.6. The molecule has 7 nitrogen and oxygen atoms in total. The van der Waals surface area contributed by atoms with Gasteiger partial charge in [-0.1, -0.05) is 24.3 Å². The molecule has 2 aliphatic heterocycles. The SMILES string of the molecule is CC1CN(CC(=O)NCc2ccc(C3NNCC3c3ccncc3)cc2)CC(C)O1. The first-order valence-corrected chi connectivity index (χ1v) is 10.7. The van der Waals surface area contributed by atoms with Gasteiger partial charge in [0.15, 0.2) is 0 Å². The van der Waals surface area contributed by atoms with Gasteiger partial charge in [0, 0.05) is 44.5 Å². The molecule has 0 radical (unpaired) electrons. The van der Waals surface area contributed by atoms with Crippen LogP contribution in [-0.2, 0) is 16.1 Å². The number of aromatic nitrogens is 1. The Balaban J connectivity index is 1.30. The lowest BCUT2D eigenvalue weighted by Gasteiger charge is -2.34. The van der Waals surface area contributed by atoms with Crippen molar-refractivity contribution in [1.82, 2.24) is 26.1 Å². The topological polar surface area (TPSA) is 78.5 Å². The molecule has 2 fully saturated rings. The van der Waals surface area contributed by atoms with Gasteiger partial charge in [-0.15, -0.1) is 0 Å². The molecule has 3 heterocycles. The molecule has 2 aliphatic rings. The van der Waals surface area contributed by atoms with Crippen molar-refractivity contribution in [2.45, 2.75) is 44.6 Å². The lowest BCUT2D eigenvalue weighted by molar-refractivity contribution is -0.126. The van der Waals surface area contributed by atoms with Crippen LogP contribution in [0.15, 0.2) is 48.8 Å². The molecule has 0 spiro atoms. The van der Waals surface area contributed by atoms with Crippen molar-refractivity contribution in [3.8, 4) is 0 Å². The average Bonchev–Trinajstić information content (AvgIpc) is 3.22. The van der Waals surface area contributed by atoms with Gasteiger partial charge in [0.1, 0.15) is 0 Å². The quantitative estimate of drug-likeness (QED) is 0.675. The Morgan fingerprint density at radius 1 is 1.10 bits per heavy atom. The van der Waals surface area contributed by atoms with E-state index in [9.17, 15) is 4.79 Å². The van der Waals surface area contributed by atoms with Crippen molar-refractivity contribution in [2.75, 3.05) is 26.2 Å². The fraction of sp³-hybridized carbons (Fsp3) is 0.478. The summed E-state index contributed by atoms with van der Waals surface area (Å²) in [5.41, 5.74) is 10.3. The number of amides is 1. The van der Waals surface area contributed by atoms with Crippen LogP contribution in [-0.4, -0.2) is 54.2 Å². The summed E-state index contributed by atoms with van der Waals surface area (Å²) in [6.07, 6.45) is 4.02. The average molecular weight is 410 g/mol. The van der Waals surface area contributed by atoms with E-state index < -0.39 is 0 Å². The van der Waals surface area contributed by atoms with Gasteiger partial charge in [-0.2, -0.15) is 0 Å². The first-order valence-electron chi connectivity index (χ1n) is 10.7. The molecule has 7 heteroatoms. The van der Waals surface area contributed by atoms with Gasteiger partial charge in [-0.25, -0.2) is 5.43 Å². The van der Waals surface area contributed by atoms with E-state index in [2.05, 4.69) is 76.3 Å². The van der Waals surface area contributed by atoms with E-state index in [4.69, 9.17) is 4.74 Å². The van der Waals surface area contributed by atoms with Crippen LogP contribution >= 0.6 is 0 Å². The minimum Gasteiger partial charge on any atom is -0.373 e. The second-order valence-corrected chi connectivity index (χ2v) is 8.36. The molecule has 4 atom stereocenters. The third-order valence-electron chi connectivity index (χ3n) is 5.81. The van der Waals surface area contributed by atoms with Crippen LogP contribution in [0.4, 0.5) is 0 Å². The molecular formula is C23H31N5O2. The molecule has 1 amide bonds. The van der Waals surface area contributed by atoms with E-state index in [1.54, 1.807) is 0 Å². The number of rotatable bonds is 6. The van der Waals surface area contributed by atoms with Gasteiger partial charge in [0.05, 0.1) is 24.8 Å².